The Bertz CT molecular complexity index is 919. The third-order valence-electron chi connectivity index (χ3n) is 3.52. The van der Waals surface area contributed by atoms with E-state index in [9.17, 15) is 9.59 Å². The molecule has 0 aliphatic heterocycles. The minimum atomic E-state index is -0.985. The van der Waals surface area contributed by atoms with E-state index in [1.807, 2.05) is 0 Å². The number of aromatic carboxylic acids is 1. The van der Waals surface area contributed by atoms with Crippen LogP contribution in [0.4, 0.5) is 11.4 Å². The third kappa shape index (κ3) is 2.98. The van der Waals surface area contributed by atoms with Gasteiger partial charge in [0.15, 0.2) is 0 Å². The lowest BCUT2D eigenvalue weighted by atomic mass is 10.0. The fourth-order valence-corrected chi connectivity index (χ4v) is 2.40. The summed E-state index contributed by atoms with van der Waals surface area (Å²) in [4.78, 5) is 23.4. The molecular weight excluding hydrogens is 292 g/mol. The molecule has 5 heteroatoms. The topological polar surface area (TPSA) is 92.4 Å². The highest BCUT2D eigenvalue weighted by molar-refractivity contribution is 6.10. The second-order valence-electron chi connectivity index (χ2n) is 5.13. The van der Waals surface area contributed by atoms with E-state index in [1.54, 1.807) is 54.6 Å². The molecule has 0 aromatic heterocycles. The number of carboxylic acid groups (broad SMARTS) is 1. The summed E-state index contributed by atoms with van der Waals surface area (Å²) in [6, 6.07) is 16.8. The first kappa shape index (κ1) is 14.6. The van der Waals surface area contributed by atoms with Crippen molar-refractivity contribution in [2.75, 3.05) is 11.1 Å². The van der Waals surface area contributed by atoms with E-state index in [1.165, 1.54) is 6.07 Å². The van der Waals surface area contributed by atoms with Gasteiger partial charge < -0.3 is 16.2 Å². The Labute approximate surface area is 132 Å². The van der Waals surface area contributed by atoms with Gasteiger partial charge in [-0.1, -0.05) is 24.3 Å². The van der Waals surface area contributed by atoms with Crippen molar-refractivity contribution in [3.05, 3.63) is 71.8 Å². The van der Waals surface area contributed by atoms with Crippen LogP contribution in [0, 0.1) is 0 Å². The Hall–Kier alpha value is -3.34. The van der Waals surface area contributed by atoms with Crippen molar-refractivity contribution < 1.29 is 14.7 Å². The molecule has 114 valence electrons. The number of hydrogen-bond donors (Lipinski definition) is 3. The van der Waals surface area contributed by atoms with E-state index >= 15 is 0 Å². The number of nitrogens with two attached hydrogens (primary N) is 1. The number of fused-ring (bicyclic) bond motifs is 1. The van der Waals surface area contributed by atoms with Crippen LogP contribution in [0.5, 0.6) is 0 Å². The molecule has 0 radical (unpaired) electrons. The Balaban J connectivity index is 1.97. The number of carbonyl (C=O) groups excluding carboxylic acids is 1. The molecule has 0 spiro atoms. The van der Waals surface area contributed by atoms with Crippen molar-refractivity contribution in [1.29, 1.82) is 0 Å². The van der Waals surface area contributed by atoms with Crippen LogP contribution in [0.2, 0.25) is 0 Å². The maximum Gasteiger partial charge on any atom is 0.335 e. The first-order chi connectivity index (χ1) is 11.0. The van der Waals surface area contributed by atoms with E-state index in [0.717, 1.165) is 10.8 Å². The molecule has 0 saturated heterocycles. The van der Waals surface area contributed by atoms with Crippen LogP contribution < -0.4 is 11.1 Å². The molecule has 3 aromatic carbocycles. The van der Waals surface area contributed by atoms with Crippen LogP contribution in [-0.2, 0) is 0 Å². The molecule has 0 bridgehead atoms. The molecule has 1 amide bonds. The molecule has 4 N–H and O–H groups in total. The molecule has 23 heavy (non-hydrogen) atoms. The molecule has 0 unspecified atom stereocenters. The number of hydrogen-bond acceptors (Lipinski definition) is 3. The normalized spacial score (nSPS) is 10.4. The van der Waals surface area contributed by atoms with Crippen LogP contribution >= 0.6 is 0 Å². The van der Waals surface area contributed by atoms with Gasteiger partial charge in [-0.3, -0.25) is 4.79 Å². The lowest BCUT2D eigenvalue weighted by molar-refractivity contribution is 0.0697. The van der Waals surface area contributed by atoms with Crippen LogP contribution in [0.25, 0.3) is 10.8 Å². The van der Waals surface area contributed by atoms with E-state index in [4.69, 9.17) is 10.8 Å². The fraction of sp³-hybridized carbons (Fsp3) is 0. The number of rotatable bonds is 3. The smallest absolute Gasteiger partial charge is 0.335 e. The van der Waals surface area contributed by atoms with Gasteiger partial charge in [0.2, 0.25) is 0 Å². The lowest BCUT2D eigenvalue weighted by Gasteiger charge is -2.10. The zero-order valence-corrected chi connectivity index (χ0v) is 12.1. The highest BCUT2D eigenvalue weighted by Crippen LogP contribution is 2.25. The minimum Gasteiger partial charge on any atom is -0.478 e. The monoisotopic (exact) mass is 306 g/mol. The van der Waals surface area contributed by atoms with Crippen molar-refractivity contribution in [3.63, 3.8) is 0 Å². The first-order valence-corrected chi connectivity index (χ1v) is 6.97. The molecular formula is C18H14N2O3. The van der Waals surface area contributed by atoms with E-state index in [0.29, 0.717) is 16.9 Å². The molecule has 3 aromatic rings. The molecule has 0 saturated carbocycles. The number of benzene rings is 3. The van der Waals surface area contributed by atoms with Gasteiger partial charge in [0.25, 0.3) is 5.91 Å². The van der Waals surface area contributed by atoms with E-state index in [-0.39, 0.29) is 11.5 Å². The Morgan fingerprint density at radius 1 is 0.913 bits per heavy atom. The van der Waals surface area contributed by atoms with Crippen LogP contribution in [0.3, 0.4) is 0 Å². The first-order valence-electron chi connectivity index (χ1n) is 6.97. The molecule has 5 nitrogen and oxygen atoms in total. The highest BCUT2D eigenvalue weighted by atomic mass is 16.4. The van der Waals surface area contributed by atoms with Crippen LogP contribution in [-0.4, -0.2) is 17.0 Å². The van der Waals surface area contributed by atoms with Gasteiger partial charge in [0.05, 0.1) is 5.56 Å². The number of anilines is 2. The Morgan fingerprint density at radius 2 is 1.70 bits per heavy atom. The van der Waals surface area contributed by atoms with Gasteiger partial charge in [0.1, 0.15) is 0 Å². The molecule has 0 heterocycles. The largest absolute Gasteiger partial charge is 0.478 e. The average molecular weight is 306 g/mol. The summed E-state index contributed by atoms with van der Waals surface area (Å²) in [5, 5.41) is 13.4. The zero-order chi connectivity index (χ0) is 16.4. The molecule has 3 rings (SSSR count). The minimum absolute atomic E-state index is 0.205. The van der Waals surface area contributed by atoms with Gasteiger partial charge in [-0.25, -0.2) is 4.79 Å². The van der Waals surface area contributed by atoms with Gasteiger partial charge in [-0.05, 0) is 41.8 Å². The summed E-state index contributed by atoms with van der Waals surface area (Å²) in [5.41, 5.74) is 7.49. The van der Waals surface area contributed by atoms with Crippen LogP contribution in [0.15, 0.2) is 60.7 Å². The highest BCUT2D eigenvalue weighted by Gasteiger charge is 2.10. The second-order valence-corrected chi connectivity index (χ2v) is 5.13. The maximum absolute atomic E-state index is 12.3. The zero-order valence-electron chi connectivity index (χ0n) is 12.1. The summed E-state index contributed by atoms with van der Waals surface area (Å²) < 4.78 is 0. The van der Waals surface area contributed by atoms with Crippen molar-refractivity contribution >= 4 is 34.0 Å². The van der Waals surface area contributed by atoms with Crippen molar-refractivity contribution in [3.8, 4) is 0 Å². The predicted octanol–water partition coefficient (Wildman–Crippen LogP) is 3.37. The van der Waals surface area contributed by atoms with Gasteiger partial charge in [-0.2, -0.15) is 0 Å². The molecule has 0 fully saturated rings. The van der Waals surface area contributed by atoms with Gasteiger partial charge >= 0.3 is 5.97 Å². The quantitative estimate of drug-likeness (QED) is 0.647. The SMILES string of the molecule is Nc1cccc(C(=O)Nc2cccc3cc(C(=O)O)ccc23)c1. The molecule has 0 atom stereocenters. The van der Waals surface area contributed by atoms with Crippen LogP contribution in [0.1, 0.15) is 20.7 Å². The fourth-order valence-electron chi connectivity index (χ4n) is 2.40. The molecule has 0 aliphatic carbocycles. The van der Waals surface area contributed by atoms with E-state index < -0.39 is 5.97 Å². The third-order valence-corrected chi connectivity index (χ3v) is 3.52. The van der Waals surface area contributed by atoms with E-state index in [2.05, 4.69) is 5.32 Å². The summed E-state index contributed by atoms with van der Waals surface area (Å²) >= 11 is 0. The van der Waals surface area contributed by atoms with Crippen molar-refractivity contribution in [2.45, 2.75) is 0 Å². The molecule has 0 aliphatic rings. The number of nitrogens with one attached hydrogen (secondary N) is 1. The summed E-state index contributed by atoms with van der Waals surface area (Å²) in [7, 11) is 0. The summed E-state index contributed by atoms with van der Waals surface area (Å²) in [5.74, 6) is -1.26. The second kappa shape index (κ2) is 5.81. The number of amides is 1. The van der Waals surface area contributed by atoms with Gasteiger partial charge in [0, 0.05) is 22.3 Å². The summed E-state index contributed by atoms with van der Waals surface area (Å²) in [6.45, 7) is 0. The number of nitrogen functional groups attached to an aromatic ring is 1. The van der Waals surface area contributed by atoms with Gasteiger partial charge in [-0.15, -0.1) is 0 Å². The number of carboxylic acids is 1. The lowest BCUT2D eigenvalue weighted by Crippen LogP contribution is -2.12. The van der Waals surface area contributed by atoms with Crippen molar-refractivity contribution in [1.82, 2.24) is 0 Å². The number of carbonyl (C=O) groups is 2. The predicted molar refractivity (Wildman–Crippen MR) is 89.7 cm³/mol. The maximum atomic E-state index is 12.3. The Kier molecular flexibility index (Phi) is 3.68. The van der Waals surface area contributed by atoms with Crippen molar-refractivity contribution in [2.24, 2.45) is 0 Å². The summed E-state index contributed by atoms with van der Waals surface area (Å²) in [6.07, 6.45) is 0. The average Bonchev–Trinajstić information content (AvgIpc) is 2.54. The Morgan fingerprint density at radius 3 is 2.43 bits per heavy atom. The standard InChI is InChI=1S/C18H14N2O3/c19-14-5-1-4-12(10-14)17(21)20-16-6-2-3-11-9-13(18(22)23)7-8-15(11)16/h1-10H,19H2,(H,20,21)(H,22,23).